The summed E-state index contributed by atoms with van der Waals surface area (Å²) in [5.74, 6) is 0.951. The molecule has 1 aliphatic rings. The fourth-order valence-corrected chi connectivity index (χ4v) is 3.50. The van der Waals surface area contributed by atoms with Gasteiger partial charge in [-0.1, -0.05) is 0 Å². The Bertz CT molecular complexity index is 1240. The van der Waals surface area contributed by atoms with E-state index in [0.717, 1.165) is 24.5 Å². The lowest BCUT2D eigenvalue weighted by atomic mass is 10.0. The number of ether oxygens (including phenoxy) is 1. The average Bonchev–Trinajstić information content (AvgIpc) is 3.61. The summed E-state index contributed by atoms with van der Waals surface area (Å²) in [7, 11) is 1.77. The van der Waals surface area contributed by atoms with Crippen molar-refractivity contribution in [1.29, 1.82) is 0 Å². The highest BCUT2D eigenvalue weighted by Gasteiger charge is 2.23. The molecule has 156 valence electrons. The molecule has 1 aliphatic carbocycles. The van der Waals surface area contributed by atoms with Gasteiger partial charge >= 0.3 is 0 Å². The van der Waals surface area contributed by atoms with Gasteiger partial charge in [0.1, 0.15) is 28.7 Å². The fraction of sp³-hybridized carbons (Fsp3) is 0.208. The molecular weight excluding hydrogens is 398 g/mol. The van der Waals surface area contributed by atoms with E-state index in [1.54, 1.807) is 25.5 Å². The van der Waals surface area contributed by atoms with Gasteiger partial charge in [0.2, 0.25) is 0 Å². The maximum Gasteiger partial charge on any atom is 0.163 e. The minimum Gasteiger partial charge on any atom is -0.491 e. The van der Waals surface area contributed by atoms with Crippen molar-refractivity contribution in [3.63, 3.8) is 0 Å². The van der Waals surface area contributed by atoms with E-state index in [0.29, 0.717) is 51.9 Å². The van der Waals surface area contributed by atoms with Gasteiger partial charge in [0, 0.05) is 36.5 Å². The van der Waals surface area contributed by atoms with Gasteiger partial charge in [-0.2, -0.15) is 0 Å². The molecule has 31 heavy (non-hydrogen) atoms. The first kappa shape index (κ1) is 19.4. The minimum atomic E-state index is -0.632. The van der Waals surface area contributed by atoms with Crippen LogP contribution in [0.1, 0.15) is 12.8 Å². The van der Waals surface area contributed by atoms with Crippen molar-refractivity contribution >= 4 is 16.7 Å². The molecule has 5 nitrogen and oxygen atoms in total. The van der Waals surface area contributed by atoms with Gasteiger partial charge in [-0.05, 0) is 66.3 Å². The summed E-state index contributed by atoms with van der Waals surface area (Å²) in [6.45, 7) is 0.581. The van der Waals surface area contributed by atoms with Crippen LogP contribution in [0.4, 0.5) is 14.6 Å². The molecule has 0 radical (unpaired) electrons. The first-order valence-corrected chi connectivity index (χ1v) is 10.1. The number of nitrogens with one attached hydrogen (secondary N) is 1. The van der Waals surface area contributed by atoms with Gasteiger partial charge in [-0.15, -0.1) is 0 Å². The maximum atomic E-state index is 13.9. The summed E-state index contributed by atoms with van der Waals surface area (Å²) in [5, 5.41) is 3.82. The minimum absolute atomic E-state index is 0.425. The van der Waals surface area contributed by atoms with Crippen molar-refractivity contribution in [2.75, 3.05) is 19.0 Å². The van der Waals surface area contributed by atoms with E-state index < -0.39 is 11.6 Å². The zero-order valence-corrected chi connectivity index (χ0v) is 16.9. The number of hydrogen-bond donors (Lipinski definition) is 1. The average molecular weight is 418 g/mol. The van der Waals surface area contributed by atoms with Crippen molar-refractivity contribution in [2.24, 2.45) is 5.92 Å². The summed E-state index contributed by atoms with van der Waals surface area (Å²) in [6.07, 6.45) is 5.68. The van der Waals surface area contributed by atoms with Crippen LogP contribution in [0, 0.1) is 17.6 Å². The maximum absolute atomic E-state index is 13.9. The molecule has 7 heteroatoms. The van der Waals surface area contributed by atoms with Crippen LogP contribution in [-0.4, -0.2) is 28.6 Å². The number of rotatable bonds is 6. The molecule has 0 saturated heterocycles. The quantitative estimate of drug-likeness (QED) is 0.450. The zero-order valence-electron chi connectivity index (χ0n) is 16.9. The van der Waals surface area contributed by atoms with Crippen molar-refractivity contribution in [1.82, 2.24) is 15.0 Å². The van der Waals surface area contributed by atoms with E-state index in [1.807, 2.05) is 18.2 Å². The topological polar surface area (TPSA) is 59.9 Å². The van der Waals surface area contributed by atoms with E-state index in [2.05, 4.69) is 15.3 Å². The largest absolute Gasteiger partial charge is 0.491 e. The third-order valence-corrected chi connectivity index (χ3v) is 5.29. The van der Waals surface area contributed by atoms with Crippen molar-refractivity contribution < 1.29 is 13.5 Å². The highest BCUT2D eigenvalue weighted by atomic mass is 19.1. The third kappa shape index (κ3) is 4.03. The summed E-state index contributed by atoms with van der Waals surface area (Å²) in [6, 6.07) is 10.8. The summed E-state index contributed by atoms with van der Waals surface area (Å²) in [4.78, 5) is 13.6. The molecule has 0 unspecified atom stereocenters. The standard InChI is InChI=1S/C24H20F2N4O/c1-27-24-20-9-17(16-7-18(25)11-19(26)8-16)10-21(31-13-14-4-5-14)22(20)29-23(30-24)15-3-2-6-28-12-15/h2-3,6-12,14H,4-5,13H2,1H3,(H,27,29,30). The van der Waals surface area contributed by atoms with Gasteiger partial charge in [0.15, 0.2) is 5.82 Å². The van der Waals surface area contributed by atoms with Crippen LogP contribution in [0.3, 0.4) is 0 Å². The number of halogens is 2. The van der Waals surface area contributed by atoms with E-state index >= 15 is 0 Å². The Balaban J connectivity index is 1.72. The second kappa shape index (κ2) is 7.91. The van der Waals surface area contributed by atoms with Gasteiger partial charge < -0.3 is 10.1 Å². The number of pyridine rings is 1. The van der Waals surface area contributed by atoms with Gasteiger partial charge in [-0.25, -0.2) is 18.7 Å². The van der Waals surface area contributed by atoms with Crippen LogP contribution < -0.4 is 10.1 Å². The molecule has 2 aromatic heterocycles. The van der Waals surface area contributed by atoms with Gasteiger partial charge in [-0.3, -0.25) is 4.98 Å². The van der Waals surface area contributed by atoms with Crippen molar-refractivity contribution in [3.05, 3.63) is 66.5 Å². The van der Waals surface area contributed by atoms with Gasteiger partial charge in [0.05, 0.1) is 6.61 Å². The number of hydrogen-bond acceptors (Lipinski definition) is 5. The van der Waals surface area contributed by atoms with Gasteiger partial charge in [0.25, 0.3) is 0 Å². The Kier molecular flexibility index (Phi) is 4.94. The number of nitrogens with zero attached hydrogens (tertiary/aromatic N) is 3. The van der Waals surface area contributed by atoms with E-state index in [9.17, 15) is 8.78 Å². The monoisotopic (exact) mass is 418 g/mol. The van der Waals surface area contributed by atoms with Crippen LogP contribution in [0.2, 0.25) is 0 Å². The lowest BCUT2D eigenvalue weighted by Crippen LogP contribution is -2.04. The molecule has 4 aromatic rings. The third-order valence-electron chi connectivity index (χ3n) is 5.29. The summed E-state index contributed by atoms with van der Waals surface area (Å²) < 4.78 is 33.9. The molecular formula is C24H20F2N4O. The Morgan fingerprint density at radius 1 is 1.00 bits per heavy atom. The predicted molar refractivity (Wildman–Crippen MR) is 116 cm³/mol. The number of fused-ring (bicyclic) bond motifs is 1. The first-order valence-electron chi connectivity index (χ1n) is 10.1. The number of aromatic nitrogens is 3. The molecule has 0 aliphatic heterocycles. The molecule has 0 spiro atoms. The van der Waals surface area contributed by atoms with E-state index in [1.165, 1.54) is 12.1 Å². The smallest absolute Gasteiger partial charge is 0.163 e. The van der Waals surface area contributed by atoms with Crippen LogP contribution in [0.5, 0.6) is 5.75 Å². The molecule has 1 fully saturated rings. The number of benzene rings is 2. The zero-order chi connectivity index (χ0) is 21.4. The molecule has 0 atom stereocenters. The van der Waals surface area contributed by atoms with Crippen molar-refractivity contribution in [2.45, 2.75) is 12.8 Å². The molecule has 0 bridgehead atoms. The lowest BCUT2D eigenvalue weighted by Gasteiger charge is -2.15. The Morgan fingerprint density at radius 2 is 1.77 bits per heavy atom. The van der Waals surface area contributed by atoms with Crippen LogP contribution in [0.25, 0.3) is 33.4 Å². The molecule has 0 amide bonds. The Morgan fingerprint density at radius 3 is 2.45 bits per heavy atom. The van der Waals surface area contributed by atoms with E-state index in [4.69, 9.17) is 9.72 Å². The second-order valence-corrected chi connectivity index (χ2v) is 7.67. The molecule has 2 aromatic carbocycles. The Hall–Kier alpha value is -3.61. The highest BCUT2D eigenvalue weighted by Crippen LogP contribution is 2.37. The van der Waals surface area contributed by atoms with Crippen LogP contribution in [0.15, 0.2) is 54.9 Å². The SMILES string of the molecule is CNc1nc(-c2cccnc2)nc2c(OCC3CC3)cc(-c3cc(F)cc(F)c3)cc12. The molecule has 1 N–H and O–H groups in total. The van der Waals surface area contributed by atoms with Crippen LogP contribution >= 0.6 is 0 Å². The lowest BCUT2D eigenvalue weighted by molar-refractivity contribution is 0.303. The van der Waals surface area contributed by atoms with Crippen LogP contribution in [-0.2, 0) is 0 Å². The first-order chi connectivity index (χ1) is 15.1. The molecule has 1 saturated carbocycles. The fourth-order valence-electron chi connectivity index (χ4n) is 3.50. The van der Waals surface area contributed by atoms with Crippen molar-refractivity contribution in [3.8, 4) is 28.3 Å². The Labute approximate surface area is 178 Å². The summed E-state index contributed by atoms with van der Waals surface area (Å²) in [5.41, 5.74) is 2.48. The normalized spacial score (nSPS) is 13.4. The molecule has 5 rings (SSSR count). The molecule has 2 heterocycles. The summed E-state index contributed by atoms with van der Waals surface area (Å²) >= 11 is 0. The predicted octanol–water partition coefficient (Wildman–Crippen LogP) is 5.47. The highest BCUT2D eigenvalue weighted by molar-refractivity contribution is 5.97. The number of anilines is 1. The van der Waals surface area contributed by atoms with E-state index in [-0.39, 0.29) is 0 Å². The second-order valence-electron chi connectivity index (χ2n) is 7.67.